The molecule has 0 unspecified atom stereocenters. The molecule has 0 aromatic carbocycles. The summed E-state index contributed by atoms with van der Waals surface area (Å²) in [5.41, 5.74) is 1.14. The van der Waals surface area contributed by atoms with Crippen molar-refractivity contribution in [3.63, 3.8) is 0 Å². The molecule has 0 saturated carbocycles. The number of aryl methyl sites for hydroxylation is 1. The maximum absolute atomic E-state index is 12.2. The van der Waals surface area contributed by atoms with Crippen LogP contribution in [0, 0.1) is 6.92 Å². The van der Waals surface area contributed by atoms with Crippen LogP contribution in [0.1, 0.15) is 43.3 Å². The van der Waals surface area contributed by atoms with E-state index in [0.29, 0.717) is 13.0 Å². The molecule has 1 saturated heterocycles. The van der Waals surface area contributed by atoms with Gasteiger partial charge in [0.1, 0.15) is 0 Å². The van der Waals surface area contributed by atoms with Crippen LogP contribution in [-0.4, -0.2) is 59.3 Å². The molecular formula is C17H28N4O2S. The summed E-state index contributed by atoms with van der Waals surface area (Å²) in [6.45, 7) is 8.62. The summed E-state index contributed by atoms with van der Waals surface area (Å²) >= 11 is 1.69. The van der Waals surface area contributed by atoms with Crippen molar-refractivity contribution in [1.29, 1.82) is 0 Å². The average molecular weight is 353 g/mol. The van der Waals surface area contributed by atoms with Gasteiger partial charge in [0.25, 0.3) is 0 Å². The lowest BCUT2D eigenvalue weighted by molar-refractivity contribution is -0.133. The molecule has 2 heterocycles. The third kappa shape index (κ3) is 6.57. The fourth-order valence-corrected chi connectivity index (χ4v) is 3.47. The molecule has 1 fully saturated rings. The van der Waals surface area contributed by atoms with Crippen LogP contribution < -0.4 is 5.32 Å². The molecule has 0 radical (unpaired) electrons. The SMILES string of the molecule is CC(=O)NCCCCCC(=O)N1CCN(Cc2csc(C)n2)CC1. The molecule has 2 amide bonds. The van der Waals surface area contributed by atoms with Gasteiger partial charge in [0, 0.05) is 58.0 Å². The molecule has 0 bridgehead atoms. The molecule has 6 nitrogen and oxygen atoms in total. The first kappa shape index (κ1) is 18.9. The first-order valence-electron chi connectivity index (χ1n) is 8.70. The molecule has 0 atom stereocenters. The maximum Gasteiger partial charge on any atom is 0.222 e. The number of hydrogen-bond donors (Lipinski definition) is 1. The Bertz CT molecular complexity index is 538. The molecule has 1 N–H and O–H groups in total. The first-order chi connectivity index (χ1) is 11.5. The lowest BCUT2D eigenvalue weighted by Crippen LogP contribution is -2.48. The minimum absolute atomic E-state index is 0.0109. The lowest BCUT2D eigenvalue weighted by Gasteiger charge is -2.34. The fourth-order valence-electron chi connectivity index (χ4n) is 2.87. The number of rotatable bonds is 8. The molecule has 7 heteroatoms. The molecule has 1 aliphatic heterocycles. The predicted molar refractivity (Wildman–Crippen MR) is 95.9 cm³/mol. The van der Waals surface area contributed by atoms with Gasteiger partial charge in [-0.2, -0.15) is 0 Å². The van der Waals surface area contributed by atoms with Gasteiger partial charge in [-0.05, 0) is 19.8 Å². The van der Waals surface area contributed by atoms with Gasteiger partial charge in [-0.1, -0.05) is 6.42 Å². The topological polar surface area (TPSA) is 65.5 Å². The minimum atomic E-state index is 0.0109. The number of amides is 2. The van der Waals surface area contributed by atoms with E-state index in [0.717, 1.165) is 62.7 Å². The number of carbonyl (C=O) groups is 2. The van der Waals surface area contributed by atoms with Crippen LogP contribution in [0.3, 0.4) is 0 Å². The second kappa shape index (κ2) is 9.74. The number of hydrogen-bond acceptors (Lipinski definition) is 5. The Morgan fingerprint density at radius 1 is 1.21 bits per heavy atom. The molecule has 1 aromatic heterocycles. The Morgan fingerprint density at radius 2 is 1.96 bits per heavy atom. The number of nitrogens with zero attached hydrogens (tertiary/aromatic N) is 3. The van der Waals surface area contributed by atoms with Crippen molar-refractivity contribution in [2.45, 2.75) is 46.1 Å². The number of thiazole rings is 1. The van der Waals surface area contributed by atoms with Crippen molar-refractivity contribution in [2.75, 3.05) is 32.7 Å². The normalized spacial score (nSPS) is 15.5. The van der Waals surface area contributed by atoms with Crippen LogP contribution in [-0.2, 0) is 16.1 Å². The van der Waals surface area contributed by atoms with Crippen molar-refractivity contribution < 1.29 is 9.59 Å². The third-order valence-electron chi connectivity index (χ3n) is 4.22. The highest BCUT2D eigenvalue weighted by Crippen LogP contribution is 2.13. The van der Waals surface area contributed by atoms with E-state index in [2.05, 4.69) is 20.6 Å². The summed E-state index contributed by atoms with van der Waals surface area (Å²) in [7, 11) is 0. The van der Waals surface area contributed by atoms with Crippen molar-refractivity contribution in [3.8, 4) is 0 Å². The number of piperazine rings is 1. The second-order valence-corrected chi connectivity index (χ2v) is 7.37. The van der Waals surface area contributed by atoms with Gasteiger partial charge < -0.3 is 10.2 Å². The van der Waals surface area contributed by atoms with Crippen molar-refractivity contribution in [1.82, 2.24) is 20.1 Å². The van der Waals surface area contributed by atoms with Crippen molar-refractivity contribution in [2.24, 2.45) is 0 Å². The molecule has 134 valence electrons. The van der Waals surface area contributed by atoms with Crippen LogP contribution in [0.4, 0.5) is 0 Å². The summed E-state index contributed by atoms with van der Waals surface area (Å²) in [6.07, 6.45) is 3.44. The van der Waals surface area contributed by atoms with E-state index in [-0.39, 0.29) is 11.8 Å². The third-order valence-corrected chi connectivity index (χ3v) is 5.04. The van der Waals surface area contributed by atoms with Gasteiger partial charge in [-0.3, -0.25) is 14.5 Å². The van der Waals surface area contributed by atoms with Gasteiger partial charge in [0.2, 0.25) is 11.8 Å². The highest BCUT2D eigenvalue weighted by Gasteiger charge is 2.21. The number of carbonyl (C=O) groups excluding carboxylic acids is 2. The van der Waals surface area contributed by atoms with Crippen LogP contribution in [0.5, 0.6) is 0 Å². The maximum atomic E-state index is 12.2. The van der Waals surface area contributed by atoms with E-state index in [1.165, 1.54) is 6.92 Å². The Hall–Kier alpha value is -1.47. The summed E-state index contributed by atoms with van der Waals surface area (Å²) in [5, 5.41) is 6.01. The van der Waals surface area contributed by atoms with Crippen molar-refractivity contribution in [3.05, 3.63) is 16.1 Å². The van der Waals surface area contributed by atoms with Gasteiger partial charge in [-0.15, -0.1) is 11.3 Å². The fraction of sp³-hybridized carbons (Fsp3) is 0.706. The molecule has 1 aromatic rings. The van der Waals surface area contributed by atoms with E-state index in [1.54, 1.807) is 11.3 Å². The van der Waals surface area contributed by atoms with E-state index in [4.69, 9.17) is 0 Å². The zero-order chi connectivity index (χ0) is 17.4. The second-order valence-electron chi connectivity index (χ2n) is 6.31. The zero-order valence-electron chi connectivity index (χ0n) is 14.7. The quantitative estimate of drug-likeness (QED) is 0.725. The molecule has 0 aliphatic carbocycles. The van der Waals surface area contributed by atoms with Crippen LogP contribution in [0.15, 0.2) is 5.38 Å². The van der Waals surface area contributed by atoms with E-state index < -0.39 is 0 Å². The monoisotopic (exact) mass is 352 g/mol. The number of nitrogens with one attached hydrogen (secondary N) is 1. The van der Waals surface area contributed by atoms with Gasteiger partial charge >= 0.3 is 0 Å². The standard InChI is InChI=1S/C17H28N4O2S/c1-14(22)18-7-5-3-4-6-17(23)21-10-8-20(9-11-21)12-16-13-24-15(2)19-16/h13H,3-12H2,1-2H3,(H,18,22). The Kier molecular flexibility index (Phi) is 7.65. The summed E-state index contributed by atoms with van der Waals surface area (Å²) < 4.78 is 0. The van der Waals surface area contributed by atoms with E-state index in [9.17, 15) is 9.59 Å². The summed E-state index contributed by atoms with van der Waals surface area (Å²) in [4.78, 5) is 31.8. The van der Waals surface area contributed by atoms with Crippen LogP contribution in [0.25, 0.3) is 0 Å². The van der Waals surface area contributed by atoms with E-state index >= 15 is 0 Å². The Morgan fingerprint density at radius 3 is 2.58 bits per heavy atom. The molecule has 24 heavy (non-hydrogen) atoms. The van der Waals surface area contributed by atoms with E-state index in [1.807, 2.05) is 11.8 Å². The minimum Gasteiger partial charge on any atom is -0.356 e. The highest BCUT2D eigenvalue weighted by atomic mass is 32.1. The molecule has 2 rings (SSSR count). The highest BCUT2D eigenvalue weighted by molar-refractivity contribution is 7.09. The van der Waals surface area contributed by atoms with Gasteiger partial charge in [0.05, 0.1) is 10.7 Å². The van der Waals surface area contributed by atoms with Crippen molar-refractivity contribution >= 4 is 23.2 Å². The average Bonchev–Trinajstić information content (AvgIpc) is 2.96. The Labute approximate surface area is 148 Å². The molecular weight excluding hydrogens is 324 g/mol. The van der Waals surface area contributed by atoms with Gasteiger partial charge in [-0.25, -0.2) is 4.98 Å². The first-order valence-corrected chi connectivity index (χ1v) is 9.58. The molecule has 1 aliphatic rings. The number of unbranched alkanes of at least 4 members (excludes halogenated alkanes) is 2. The predicted octanol–water partition coefficient (Wildman–Crippen LogP) is 1.79. The molecule has 0 spiro atoms. The largest absolute Gasteiger partial charge is 0.356 e. The van der Waals surface area contributed by atoms with Crippen LogP contribution in [0.2, 0.25) is 0 Å². The zero-order valence-corrected chi connectivity index (χ0v) is 15.5. The lowest BCUT2D eigenvalue weighted by atomic mass is 10.1. The number of aromatic nitrogens is 1. The van der Waals surface area contributed by atoms with Crippen LogP contribution >= 0.6 is 11.3 Å². The summed E-state index contributed by atoms with van der Waals surface area (Å²) in [6, 6.07) is 0. The van der Waals surface area contributed by atoms with Gasteiger partial charge in [0.15, 0.2) is 0 Å². The summed E-state index contributed by atoms with van der Waals surface area (Å²) in [5.74, 6) is 0.274. The Balaban J connectivity index is 1.57. The smallest absolute Gasteiger partial charge is 0.222 e.